The maximum Gasteiger partial charge on any atom is 0.265 e. The SMILES string of the molecule is FC(F)c1cc(I)cc(Cl)c1Cl. The molecule has 0 aromatic heterocycles. The second kappa shape index (κ2) is 4.07. The van der Waals surface area contributed by atoms with Gasteiger partial charge in [-0.1, -0.05) is 23.2 Å². The van der Waals surface area contributed by atoms with Crippen LogP contribution >= 0.6 is 45.8 Å². The van der Waals surface area contributed by atoms with E-state index in [9.17, 15) is 8.78 Å². The molecule has 0 aliphatic carbocycles. The van der Waals surface area contributed by atoms with Gasteiger partial charge in [0.2, 0.25) is 0 Å². The minimum Gasteiger partial charge on any atom is -0.205 e. The highest BCUT2D eigenvalue weighted by Crippen LogP contribution is 2.34. The fourth-order valence-corrected chi connectivity index (χ4v) is 1.98. The second-order valence-electron chi connectivity index (χ2n) is 2.09. The van der Waals surface area contributed by atoms with E-state index in [2.05, 4.69) is 0 Å². The van der Waals surface area contributed by atoms with E-state index >= 15 is 0 Å². The van der Waals surface area contributed by atoms with Crippen LogP contribution in [0.1, 0.15) is 12.0 Å². The standard InChI is InChI=1S/C7H3Cl2F2I/c8-5-2-3(12)1-4(6(5)9)7(10)11/h1-2,7H. The first kappa shape index (κ1) is 10.5. The van der Waals surface area contributed by atoms with Gasteiger partial charge < -0.3 is 0 Å². The summed E-state index contributed by atoms with van der Waals surface area (Å²) < 4.78 is 25.1. The minimum atomic E-state index is -2.58. The van der Waals surface area contributed by atoms with Gasteiger partial charge in [0.25, 0.3) is 6.43 Å². The van der Waals surface area contributed by atoms with E-state index in [0.29, 0.717) is 3.57 Å². The third kappa shape index (κ3) is 2.20. The number of hydrogen-bond acceptors (Lipinski definition) is 0. The number of halogens is 5. The van der Waals surface area contributed by atoms with Crippen molar-refractivity contribution in [1.82, 2.24) is 0 Å². The Kier molecular flexibility index (Phi) is 3.55. The Hall–Kier alpha value is 0.390. The van der Waals surface area contributed by atoms with E-state index in [1.165, 1.54) is 12.1 Å². The van der Waals surface area contributed by atoms with Crippen molar-refractivity contribution in [1.29, 1.82) is 0 Å². The Bertz CT molecular complexity index is 302. The van der Waals surface area contributed by atoms with Crippen molar-refractivity contribution in [3.63, 3.8) is 0 Å². The molecule has 0 heterocycles. The zero-order valence-electron chi connectivity index (χ0n) is 5.62. The largest absolute Gasteiger partial charge is 0.265 e. The monoisotopic (exact) mass is 322 g/mol. The van der Waals surface area contributed by atoms with Crippen LogP contribution in [-0.4, -0.2) is 0 Å². The van der Waals surface area contributed by atoms with Crippen LogP contribution in [-0.2, 0) is 0 Å². The predicted molar refractivity (Wildman–Crippen MR) is 54.1 cm³/mol. The maximum absolute atomic E-state index is 12.2. The van der Waals surface area contributed by atoms with E-state index in [0.717, 1.165) is 0 Å². The molecule has 0 nitrogen and oxygen atoms in total. The first-order valence-corrected chi connectivity index (χ1v) is 4.78. The van der Waals surface area contributed by atoms with Crippen LogP contribution in [0.25, 0.3) is 0 Å². The topological polar surface area (TPSA) is 0 Å². The summed E-state index contributed by atoms with van der Waals surface area (Å²) in [7, 11) is 0. The molecule has 0 amide bonds. The summed E-state index contributed by atoms with van der Waals surface area (Å²) in [6.07, 6.45) is -2.58. The van der Waals surface area contributed by atoms with Crippen molar-refractivity contribution < 1.29 is 8.78 Å². The lowest BCUT2D eigenvalue weighted by atomic mass is 10.2. The molecule has 0 aliphatic rings. The van der Waals surface area contributed by atoms with Gasteiger partial charge in [-0.15, -0.1) is 0 Å². The molecule has 0 aliphatic heterocycles. The smallest absolute Gasteiger partial charge is 0.205 e. The summed E-state index contributed by atoms with van der Waals surface area (Å²) in [6.45, 7) is 0. The van der Waals surface area contributed by atoms with Crippen LogP contribution in [0.5, 0.6) is 0 Å². The fraction of sp³-hybridized carbons (Fsp3) is 0.143. The van der Waals surface area contributed by atoms with Crippen molar-refractivity contribution in [3.8, 4) is 0 Å². The van der Waals surface area contributed by atoms with Crippen LogP contribution in [0.2, 0.25) is 10.0 Å². The van der Waals surface area contributed by atoms with Gasteiger partial charge in [-0.25, -0.2) is 8.78 Å². The van der Waals surface area contributed by atoms with Crippen LogP contribution in [0.15, 0.2) is 12.1 Å². The van der Waals surface area contributed by atoms with Gasteiger partial charge in [-0.2, -0.15) is 0 Å². The molecule has 0 spiro atoms. The van der Waals surface area contributed by atoms with E-state index in [-0.39, 0.29) is 15.6 Å². The molecule has 0 saturated carbocycles. The van der Waals surface area contributed by atoms with Crippen molar-refractivity contribution in [3.05, 3.63) is 31.3 Å². The quantitative estimate of drug-likeness (QED) is 0.526. The molecule has 0 N–H and O–H groups in total. The van der Waals surface area contributed by atoms with Crippen LogP contribution in [0.3, 0.4) is 0 Å². The molecule has 12 heavy (non-hydrogen) atoms. The molecule has 0 fully saturated rings. The normalized spacial score (nSPS) is 10.8. The molecule has 1 aromatic rings. The summed E-state index contributed by atoms with van der Waals surface area (Å²) in [4.78, 5) is 0. The Morgan fingerprint density at radius 2 is 1.83 bits per heavy atom. The van der Waals surface area contributed by atoms with Crippen LogP contribution < -0.4 is 0 Å². The zero-order chi connectivity index (χ0) is 9.30. The lowest BCUT2D eigenvalue weighted by Gasteiger charge is -2.04. The van der Waals surface area contributed by atoms with E-state index in [4.69, 9.17) is 23.2 Å². The highest BCUT2D eigenvalue weighted by Gasteiger charge is 2.14. The molecular formula is C7H3Cl2F2I. The predicted octanol–water partition coefficient (Wildman–Crippen LogP) is 4.54. The average Bonchev–Trinajstić information content (AvgIpc) is 1.96. The highest BCUT2D eigenvalue weighted by atomic mass is 127. The first-order chi connectivity index (χ1) is 5.52. The van der Waals surface area contributed by atoms with Crippen LogP contribution in [0, 0.1) is 3.57 Å². The molecule has 0 radical (unpaired) electrons. The number of benzene rings is 1. The van der Waals surface area contributed by atoms with Gasteiger partial charge in [-0.3, -0.25) is 0 Å². The molecule has 5 heteroatoms. The van der Waals surface area contributed by atoms with Crippen molar-refractivity contribution >= 4 is 45.8 Å². The van der Waals surface area contributed by atoms with Gasteiger partial charge in [0.15, 0.2) is 0 Å². The Morgan fingerprint density at radius 3 is 2.33 bits per heavy atom. The van der Waals surface area contributed by atoms with Gasteiger partial charge in [-0.05, 0) is 34.7 Å². The Labute approximate surface area is 92.0 Å². The third-order valence-electron chi connectivity index (χ3n) is 1.26. The lowest BCUT2D eigenvalue weighted by Crippen LogP contribution is -1.88. The summed E-state index contributed by atoms with van der Waals surface area (Å²) in [5, 5.41) is 0.103. The number of rotatable bonds is 1. The summed E-state index contributed by atoms with van der Waals surface area (Å²) in [6, 6.07) is 2.86. The first-order valence-electron chi connectivity index (χ1n) is 2.95. The van der Waals surface area contributed by atoms with E-state index in [1.54, 1.807) is 0 Å². The molecule has 1 rings (SSSR count). The van der Waals surface area contributed by atoms with Crippen molar-refractivity contribution in [2.75, 3.05) is 0 Å². The average molecular weight is 323 g/mol. The highest BCUT2D eigenvalue weighted by molar-refractivity contribution is 14.1. The van der Waals surface area contributed by atoms with Crippen molar-refractivity contribution in [2.24, 2.45) is 0 Å². The summed E-state index contributed by atoms with van der Waals surface area (Å²) in [5.74, 6) is 0. The molecular weight excluding hydrogens is 320 g/mol. The fourth-order valence-electron chi connectivity index (χ4n) is 0.735. The number of alkyl halides is 2. The van der Waals surface area contributed by atoms with Gasteiger partial charge >= 0.3 is 0 Å². The second-order valence-corrected chi connectivity index (χ2v) is 4.12. The summed E-state index contributed by atoms with van der Waals surface area (Å²) >= 11 is 13.0. The molecule has 0 unspecified atom stereocenters. The van der Waals surface area contributed by atoms with Crippen molar-refractivity contribution in [2.45, 2.75) is 6.43 Å². The lowest BCUT2D eigenvalue weighted by molar-refractivity contribution is 0.151. The van der Waals surface area contributed by atoms with E-state index in [1.807, 2.05) is 22.6 Å². The Balaban J connectivity index is 3.28. The molecule has 0 saturated heterocycles. The number of hydrogen-bond donors (Lipinski definition) is 0. The van der Waals surface area contributed by atoms with Gasteiger partial charge in [0.1, 0.15) is 0 Å². The maximum atomic E-state index is 12.2. The third-order valence-corrected chi connectivity index (χ3v) is 2.70. The van der Waals surface area contributed by atoms with Gasteiger partial charge in [0, 0.05) is 9.13 Å². The van der Waals surface area contributed by atoms with Crippen LogP contribution in [0.4, 0.5) is 8.78 Å². The summed E-state index contributed by atoms with van der Waals surface area (Å²) in [5.41, 5.74) is -0.214. The molecule has 1 aromatic carbocycles. The van der Waals surface area contributed by atoms with E-state index < -0.39 is 6.43 Å². The zero-order valence-corrected chi connectivity index (χ0v) is 9.29. The minimum absolute atomic E-state index is 0.0629. The molecule has 66 valence electrons. The molecule has 0 atom stereocenters. The Morgan fingerprint density at radius 1 is 1.25 bits per heavy atom. The van der Waals surface area contributed by atoms with Gasteiger partial charge in [0.05, 0.1) is 10.0 Å². The molecule has 0 bridgehead atoms.